The number of carbonyl (C=O) groups excluding carboxylic acids is 1. The average molecular weight is 299 g/mol. The molecule has 2 aromatic rings. The second-order valence-electron chi connectivity index (χ2n) is 4.65. The van der Waals surface area contributed by atoms with E-state index in [0.717, 1.165) is 4.88 Å². The van der Waals surface area contributed by atoms with Gasteiger partial charge in [0.25, 0.3) is 5.91 Å². The van der Waals surface area contributed by atoms with Crippen molar-refractivity contribution in [1.82, 2.24) is 5.32 Å². The van der Waals surface area contributed by atoms with Crippen LogP contribution >= 0.6 is 11.3 Å². The van der Waals surface area contributed by atoms with Gasteiger partial charge in [-0.25, -0.2) is 0 Å². The Morgan fingerprint density at radius 3 is 2.76 bits per heavy atom. The highest BCUT2D eigenvalue weighted by Gasteiger charge is 2.14. The molecule has 0 bridgehead atoms. The van der Waals surface area contributed by atoms with E-state index >= 15 is 0 Å². The maximum atomic E-state index is 12.4. The van der Waals surface area contributed by atoms with Gasteiger partial charge in [-0.1, -0.05) is 24.0 Å². The van der Waals surface area contributed by atoms with Crippen molar-refractivity contribution >= 4 is 17.2 Å². The molecule has 0 spiro atoms. The fourth-order valence-corrected chi connectivity index (χ4v) is 2.84. The SMILES string of the molecule is Cc1ccc(C(C)NC(=O)c2ccccc2C#CCO)s1. The average Bonchev–Trinajstić information content (AvgIpc) is 2.92. The van der Waals surface area contributed by atoms with Crippen molar-refractivity contribution in [3.05, 3.63) is 57.3 Å². The van der Waals surface area contributed by atoms with E-state index in [1.54, 1.807) is 29.5 Å². The number of amides is 1. The van der Waals surface area contributed by atoms with E-state index < -0.39 is 0 Å². The monoisotopic (exact) mass is 299 g/mol. The zero-order valence-electron chi connectivity index (χ0n) is 12.0. The molecule has 0 saturated heterocycles. The van der Waals surface area contributed by atoms with Crippen LogP contribution < -0.4 is 5.32 Å². The summed E-state index contributed by atoms with van der Waals surface area (Å²) in [6, 6.07) is 11.2. The Morgan fingerprint density at radius 2 is 2.10 bits per heavy atom. The molecule has 0 aliphatic heterocycles. The minimum atomic E-state index is -0.221. The topological polar surface area (TPSA) is 49.3 Å². The Balaban J connectivity index is 2.17. The summed E-state index contributed by atoms with van der Waals surface area (Å²) in [6.45, 7) is 3.79. The lowest BCUT2D eigenvalue weighted by Gasteiger charge is -2.13. The number of rotatable bonds is 3. The number of benzene rings is 1. The van der Waals surface area contributed by atoms with Gasteiger partial charge in [0, 0.05) is 15.3 Å². The highest BCUT2D eigenvalue weighted by Crippen LogP contribution is 2.22. The molecule has 21 heavy (non-hydrogen) atoms. The van der Waals surface area contributed by atoms with Crippen LogP contribution in [0.1, 0.15) is 38.6 Å². The van der Waals surface area contributed by atoms with Crippen LogP contribution in [-0.4, -0.2) is 17.6 Å². The Labute approximate surface area is 128 Å². The summed E-state index contributed by atoms with van der Waals surface area (Å²) in [7, 11) is 0. The molecule has 4 heteroatoms. The molecule has 108 valence electrons. The molecule has 2 N–H and O–H groups in total. The van der Waals surface area contributed by atoms with E-state index in [1.165, 1.54) is 4.88 Å². The molecule has 2 rings (SSSR count). The molecule has 0 aliphatic rings. The Kier molecular flexibility index (Phi) is 5.15. The second-order valence-corrected chi connectivity index (χ2v) is 5.97. The molecular formula is C17H17NO2S. The van der Waals surface area contributed by atoms with Crippen molar-refractivity contribution in [2.45, 2.75) is 19.9 Å². The van der Waals surface area contributed by atoms with Crippen LogP contribution in [0.3, 0.4) is 0 Å². The number of thiophene rings is 1. The second kappa shape index (κ2) is 7.07. The fraction of sp³-hybridized carbons (Fsp3) is 0.235. The number of aliphatic hydroxyl groups excluding tert-OH is 1. The van der Waals surface area contributed by atoms with Crippen LogP contribution in [0.4, 0.5) is 0 Å². The normalized spacial score (nSPS) is 11.4. The predicted octanol–water partition coefficient (Wildman–Crippen LogP) is 2.89. The molecule has 1 atom stereocenters. The number of carbonyl (C=O) groups is 1. The lowest BCUT2D eigenvalue weighted by atomic mass is 10.1. The van der Waals surface area contributed by atoms with Crippen molar-refractivity contribution in [3.63, 3.8) is 0 Å². The first-order chi connectivity index (χ1) is 10.1. The number of nitrogens with one attached hydrogen (secondary N) is 1. The van der Waals surface area contributed by atoms with Gasteiger partial charge in [-0.15, -0.1) is 11.3 Å². The summed E-state index contributed by atoms with van der Waals surface area (Å²) < 4.78 is 0. The van der Waals surface area contributed by atoms with Crippen LogP contribution in [0, 0.1) is 18.8 Å². The molecule has 3 nitrogen and oxygen atoms in total. The third-order valence-corrected chi connectivity index (χ3v) is 4.19. The molecule has 0 aliphatic carbocycles. The largest absolute Gasteiger partial charge is 0.384 e. The minimum Gasteiger partial charge on any atom is -0.384 e. The Morgan fingerprint density at radius 1 is 1.33 bits per heavy atom. The summed E-state index contributed by atoms with van der Waals surface area (Å²) in [5.41, 5.74) is 1.15. The van der Waals surface area contributed by atoms with Gasteiger partial charge >= 0.3 is 0 Å². The molecule has 0 saturated carbocycles. The first-order valence-electron chi connectivity index (χ1n) is 6.67. The summed E-state index contributed by atoms with van der Waals surface area (Å²) >= 11 is 1.68. The van der Waals surface area contributed by atoms with Gasteiger partial charge in [-0.3, -0.25) is 4.79 Å². The van der Waals surface area contributed by atoms with E-state index in [2.05, 4.69) is 17.2 Å². The van der Waals surface area contributed by atoms with Crippen molar-refractivity contribution in [3.8, 4) is 11.8 Å². The van der Waals surface area contributed by atoms with E-state index in [1.807, 2.05) is 32.0 Å². The smallest absolute Gasteiger partial charge is 0.253 e. The zero-order chi connectivity index (χ0) is 15.2. The molecule has 1 amide bonds. The van der Waals surface area contributed by atoms with Crippen molar-refractivity contribution in [2.24, 2.45) is 0 Å². The third-order valence-electron chi connectivity index (χ3n) is 3.01. The van der Waals surface area contributed by atoms with Crippen LogP contribution in [-0.2, 0) is 0 Å². The van der Waals surface area contributed by atoms with E-state index in [9.17, 15) is 4.79 Å². The van der Waals surface area contributed by atoms with Gasteiger partial charge in [-0.05, 0) is 38.1 Å². The maximum absolute atomic E-state index is 12.4. The van der Waals surface area contributed by atoms with Crippen molar-refractivity contribution in [2.75, 3.05) is 6.61 Å². The summed E-state index contributed by atoms with van der Waals surface area (Å²) in [5.74, 6) is 5.22. The van der Waals surface area contributed by atoms with Gasteiger partial charge in [-0.2, -0.15) is 0 Å². The number of aliphatic hydroxyl groups is 1. The third kappa shape index (κ3) is 3.94. The summed E-state index contributed by atoms with van der Waals surface area (Å²) in [5, 5.41) is 11.8. The predicted molar refractivity (Wildman–Crippen MR) is 85.3 cm³/mol. The highest BCUT2D eigenvalue weighted by molar-refractivity contribution is 7.12. The molecule has 1 aromatic carbocycles. The van der Waals surface area contributed by atoms with Gasteiger partial charge in [0.05, 0.1) is 11.6 Å². The first-order valence-corrected chi connectivity index (χ1v) is 7.49. The summed E-state index contributed by atoms with van der Waals surface area (Å²) in [4.78, 5) is 14.7. The van der Waals surface area contributed by atoms with Gasteiger partial charge in [0.15, 0.2) is 0 Å². The van der Waals surface area contributed by atoms with Gasteiger partial charge in [0.1, 0.15) is 6.61 Å². The van der Waals surface area contributed by atoms with Gasteiger partial charge < -0.3 is 10.4 Å². The van der Waals surface area contributed by atoms with Crippen LogP contribution in [0.2, 0.25) is 0 Å². The van der Waals surface area contributed by atoms with Crippen molar-refractivity contribution in [1.29, 1.82) is 0 Å². The lowest BCUT2D eigenvalue weighted by molar-refractivity contribution is 0.0940. The Hall–Kier alpha value is -2.09. The maximum Gasteiger partial charge on any atom is 0.253 e. The van der Waals surface area contributed by atoms with Crippen LogP contribution in [0.25, 0.3) is 0 Å². The standard InChI is InChI=1S/C17H17NO2S/c1-12-9-10-16(21-12)13(2)18-17(20)15-8-4-3-6-14(15)7-5-11-19/h3-4,6,8-10,13,19H,11H2,1-2H3,(H,18,20). The molecule has 0 radical (unpaired) electrons. The minimum absolute atomic E-state index is 0.0462. The molecule has 1 aromatic heterocycles. The Bertz CT molecular complexity index is 694. The van der Waals surface area contributed by atoms with Crippen molar-refractivity contribution < 1.29 is 9.90 Å². The number of aryl methyl sites for hydroxylation is 1. The molecular weight excluding hydrogens is 282 g/mol. The van der Waals surface area contributed by atoms with E-state index in [0.29, 0.717) is 11.1 Å². The van der Waals surface area contributed by atoms with Crippen LogP contribution in [0.5, 0.6) is 0 Å². The lowest BCUT2D eigenvalue weighted by Crippen LogP contribution is -2.26. The zero-order valence-corrected chi connectivity index (χ0v) is 12.8. The molecule has 1 heterocycles. The summed E-state index contributed by atoms with van der Waals surface area (Å²) in [6.07, 6.45) is 0. The van der Waals surface area contributed by atoms with Crippen LogP contribution in [0.15, 0.2) is 36.4 Å². The first kappa shape index (κ1) is 15.3. The van der Waals surface area contributed by atoms with E-state index in [-0.39, 0.29) is 18.6 Å². The number of hydrogen-bond acceptors (Lipinski definition) is 3. The van der Waals surface area contributed by atoms with E-state index in [4.69, 9.17) is 5.11 Å². The highest BCUT2D eigenvalue weighted by atomic mass is 32.1. The molecule has 0 fully saturated rings. The fourth-order valence-electron chi connectivity index (χ4n) is 1.96. The number of hydrogen-bond donors (Lipinski definition) is 2. The molecule has 1 unspecified atom stereocenters. The van der Waals surface area contributed by atoms with Gasteiger partial charge in [0.2, 0.25) is 0 Å². The quantitative estimate of drug-likeness (QED) is 0.856.